The van der Waals surface area contributed by atoms with Crippen molar-refractivity contribution < 1.29 is 19.1 Å². The Morgan fingerprint density at radius 1 is 0.889 bits per heavy atom. The molecule has 0 aromatic heterocycles. The Balaban J connectivity index is 1.50. The van der Waals surface area contributed by atoms with E-state index >= 15 is 0 Å². The largest absolute Gasteiger partial charge is 0.493 e. The van der Waals surface area contributed by atoms with Gasteiger partial charge in [-0.15, -0.1) is 0 Å². The minimum absolute atomic E-state index is 0.00682. The average molecular weight is 368 g/mol. The van der Waals surface area contributed by atoms with Gasteiger partial charge in [-0.2, -0.15) is 0 Å². The standard InChI is InChI=1S/C21H24N2O4/c1-16-7-9-17(10-8-16)21(25)23-13-11-22(12-14-23)20(24)15-27-19-6-4-3-5-18(19)26-2/h3-10H,11-15H2,1-2H3. The summed E-state index contributed by atoms with van der Waals surface area (Å²) in [5.74, 6) is 1.05. The summed E-state index contributed by atoms with van der Waals surface area (Å²) in [4.78, 5) is 28.5. The van der Waals surface area contributed by atoms with E-state index in [2.05, 4.69) is 0 Å². The summed E-state index contributed by atoms with van der Waals surface area (Å²) < 4.78 is 10.8. The van der Waals surface area contributed by atoms with Gasteiger partial charge in [-0.05, 0) is 31.2 Å². The first-order chi connectivity index (χ1) is 13.1. The van der Waals surface area contributed by atoms with Crippen LogP contribution in [-0.2, 0) is 4.79 Å². The van der Waals surface area contributed by atoms with Crippen LogP contribution in [0.4, 0.5) is 0 Å². The Morgan fingerprint density at radius 3 is 2.11 bits per heavy atom. The summed E-state index contributed by atoms with van der Waals surface area (Å²) in [6, 6.07) is 14.8. The minimum Gasteiger partial charge on any atom is -0.493 e. The van der Waals surface area contributed by atoms with E-state index in [1.165, 1.54) is 0 Å². The highest BCUT2D eigenvalue weighted by Crippen LogP contribution is 2.25. The molecular formula is C21H24N2O4. The fourth-order valence-electron chi connectivity index (χ4n) is 3.01. The molecule has 3 rings (SSSR count). The van der Waals surface area contributed by atoms with Gasteiger partial charge in [0.1, 0.15) is 0 Å². The van der Waals surface area contributed by atoms with Crippen molar-refractivity contribution in [3.63, 3.8) is 0 Å². The Bertz CT molecular complexity index is 796. The van der Waals surface area contributed by atoms with E-state index in [-0.39, 0.29) is 18.4 Å². The van der Waals surface area contributed by atoms with Crippen molar-refractivity contribution in [3.8, 4) is 11.5 Å². The van der Waals surface area contributed by atoms with Gasteiger partial charge in [-0.25, -0.2) is 0 Å². The number of amides is 2. The minimum atomic E-state index is -0.0941. The maximum atomic E-state index is 12.6. The van der Waals surface area contributed by atoms with Crippen molar-refractivity contribution in [1.29, 1.82) is 0 Å². The SMILES string of the molecule is COc1ccccc1OCC(=O)N1CCN(C(=O)c2ccc(C)cc2)CC1. The van der Waals surface area contributed by atoms with Crippen LogP contribution in [0.1, 0.15) is 15.9 Å². The van der Waals surface area contributed by atoms with Gasteiger partial charge in [-0.1, -0.05) is 29.8 Å². The highest BCUT2D eigenvalue weighted by Gasteiger charge is 2.25. The molecule has 6 nitrogen and oxygen atoms in total. The third-order valence-corrected chi connectivity index (χ3v) is 4.64. The molecule has 0 atom stereocenters. The lowest BCUT2D eigenvalue weighted by Crippen LogP contribution is -2.51. The number of carbonyl (C=O) groups excluding carboxylic acids is 2. The highest BCUT2D eigenvalue weighted by molar-refractivity contribution is 5.94. The van der Waals surface area contributed by atoms with E-state index in [1.807, 2.05) is 43.3 Å². The van der Waals surface area contributed by atoms with Crippen molar-refractivity contribution in [2.24, 2.45) is 0 Å². The molecule has 0 N–H and O–H groups in total. The zero-order chi connectivity index (χ0) is 19.2. The fourth-order valence-corrected chi connectivity index (χ4v) is 3.01. The number of ether oxygens (including phenoxy) is 2. The van der Waals surface area contributed by atoms with Crippen LogP contribution in [-0.4, -0.2) is 61.5 Å². The average Bonchev–Trinajstić information content (AvgIpc) is 2.72. The Morgan fingerprint density at radius 2 is 1.48 bits per heavy atom. The molecule has 1 fully saturated rings. The van der Waals surface area contributed by atoms with Crippen LogP contribution in [0.5, 0.6) is 11.5 Å². The molecule has 0 saturated carbocycles. The van der Waals surface area contributed by atoms with Gasteiger partial charge < -0.3 is 19.3 Å². The van der Waals surface area contributed by atoms with Crippen LogP contribution < -0.4 is 9.47 Å². The lowest BCUT2D eigenvalue weighted by Gasteiger charge is -2.34. The normalized spacial score (nSPS) is 14.0. The van der Waals surface area contributed by atoms with Crippen LogP contribution in [0.2, 0.25) is 0 Å². The molecule has 0 unspecified atom stereocenters. The van der Waals surface area contributed by atoms with Gasteiger partial charge in [0, 0.05) is 31.7 Å². The van der Waals surface area contributed by atoms with Crippen molar-refractivity contribution >= 4 is 11.8 Å². The second-order valence-electron chi connectivity index (χ2n) is 6.48. The maximum Gasteiger partial charge on any atom is 0.260 e. The molecule has 27 heavy (non-hydrogen) atoms. The molecule has 0 bridgehead atoms. The molecule has 1 heterocycles. The van der Waals surface area contributed by atoms with Crippen LogP contribution >= 0.6 is 0 Å². The number of para-hydroxylation sites is 2. The van der Waals surface area contributed by atoms with Crippen LogP contribution in [0.3, 0.4) is 0 Å². The molecule has 0 spiro atoms. The second-order valence-corrected chi connectivity index (χ2v) is 6.48. The van der Waals surface area contributed by atoms with E-state index in [9.17, 15) is 9.59 Å². The number of aryl methyl sites for hydroxylation is 1. The number of piperazine rings is 1. The number of hydrogen-bond acceptors (Lipinski definition) is 4. The summed E-state index contributed by atoms with van der Waals surface area (Å²) >= 11 is 0. The third-order valence-electron chi connectivity index (χ3n) is 4.64. The molecule has 1 aliphatic heterocycles. The number of methoxy groups -OCH3 is 1. The number of carbonyl (C=O) groups is 2. The Labute approximate surface area is 159 Å². The number of rotatable bonds is 5. The summed E-state index contributed by atoms with van der Waals surface area (Å²) in [6.07, 6.45) is 0. The van der Waals surface area contributed by atoms with E-state index < -0.39 is 0 Å². The quantitative estimate of drug-likeness (QED) is 0.813. The van der Waals surface area contributed by atoms with Crippen molar-refractivity contribution in [1.82, 2.24) is 9.80 Å². The maximum absolute atomic E-state index is 12.6. The fraction of sp³-hybridized carbons (Fsp3) is 0.333. The van der Waals surface area contributed by atoms with Crippen molar-refractivity contribution in [3.05, 3.63) is 59.7 Å². The molecule has 1 saturated heterocycles. The Kier molecular flexibility index (Phi) is 5.96. The molecule has 2 amide bonds. The summed E-state index contributed by atoms with van der Waals surface area (Å²) in [5, 5.41) is 0. The van der Waals surface area contributed by atoms with E-state index in [0.717, 1.165) is 5.56 Å². The smallest absolute Gasteiger partial charge is 0.260 e. The lowest BCUT2D eigenvalue weighted by atomic mass is 10.1. The number of nitrogens with zero attached hydrogens (tertiary/aromatic N) is 2. The molecule has 0 aliphatic carbocycles. The number of hydrogen-bond donors (Lipinski definition) is 0. The zero-order valence-corrected chi connectivity index (χ0v) is 15.7. The first-order valence-corrected chi connectivity index (χ1v) is 8.98. The molecule has 2 aromatic rings. The van der Waals surface area contributed by atoms with Gasteiger partial charge in [0.25, 0.3) is 11.8 Å². The van der Waals surface area contributed by atoms with Crippen molar-refractivity contribution in [2.45, 2.75) is 6.92 Å². The first-order valence-electron chi connectivity index (χ1n) is 8.98. The molecule has 0 radical (unpaired) electrons. The van der Waals surface area contributed by atoms with Crippen LogP contribution in [0, 0.1) is 6.92 Å². The van der Waals surface area contributed by atoms with Gasteiger partial charge in [0.15, 0.2) is 18.1 Å². The number of benzene rings is 2. The van der Waals surface area contributed by atoms with Crippen LogP contribution in [0.15, 0.2) is 48.5 Å². The van der Waals surface area contributed by atoms with Gasteiger partial charge >= 0.3 is 0 Å². The summed E-state index contributed by atoms with van der Waals surface area (Å²) in [6.45, 7) is 4.00. The molecule has 2 aromatic carbocycles. The predicted molar refractivity (Wildman–Crippen MR) is 102 cm³/mol. The third kappa shape index (κ3) is 4.58. The van der Waals surface area contributed by atoms with E-state index in [4.69, 9.17) is 9.47 Å². The predicted octanol–water partition coefficient (Wildman–Crippen LogP) is 2.37. The van der Waals surface area contributed by atoms with Crippen molar-refractivity contribution in [2.75, 3.05) is 39.9 Å². The zero-order valence-electron chi connectivity index (χ0n) is 15.7. The molecule has 1 aliphatic rings. The monoisotopic (exact) mass is 368 g/mol. The van der Waals surface area contributed by atoms with E-state index in [0.29, 0.717) is 43.2 Å². The summed E-state index contributed by atoms with van der Waals surface area (Å²) in [5.41, 5.74) is 1.80. The Hall–Kier alpha value is -3.02. The van der Waals surface area contributed by atoms with Gasteiger partial charge in [0.05, 0.1) is 7.11 Å². The molecule has 6 heteroatoms. The topological polar surface area (TPSA) is 59.1 Å². The summed E-state index contributed by atoms with van der Waals surface area (Å²) in [7, 11) is 1.56. The highest BCUT2D eigenvalue weighted by atomic mass is 16.5. The van der Waals surface area contributed by atoms with Crippen LogP contribution in [0.25, 0.3) is 0 Å². The van der Waals surface area contributed by atoms with Gasteiger partial charge in [-0.3, -0.25) is 9.59 Å². The molecular weight excluding hydrogens is 344 g/mol. The van der Waals surface area contributed by atoms with Gasteiger partial charge in [0.2, 0.25) is 0 Å². The van der Waals surface area contributed by atoms with E-state index in [1.54, 1.807) is 29.0 Å². The lowest BCUT2D eigenvalue weighted by molar-refractivity contribution is -0.134. The first kappa shape index (κ1) is 18.8. The molecule has 142 valence electrons. The second kappa shape index (κ2) is 8.58.